The Kier molecular flexibility index (Phi) is 13.3. The first-order chi connectivity index (χ1) is 5.31. The third kappa shape index (κ3) is 15.4. The molecule has 11 heteroatoms. The predicted octanol–water partition coefficient (Wildman–Crippen LogP) is -7.70. The molecule has 14 heavy (non-hydrogen) atoms. The molecule has 0 aliphatic carbocycles. The average Bonchev–Trinajstić information content (AvgIpc) is 1.79. The number of nitrogens with two attached hydrogens (primary N) is 1. The van der Waals surface area contributed by atoms with Crippen LogP contribution >= 0.6 is 7.75 Å². The Morgan fingerprint density at radius 2 is 1.93 bits per heavy atom. The largest absolute Gasteiger partial charge is 1.00 e. The molecule has 0 saturated heterocycles. The van der Waals surface area contributed by atoms with Gasteiger partial charge in [0.1, 0.15) is 6.54 Å². The summed E-state index contributed by atoms with van der Waals surface area (Å²) in [6, 6.07) is 0. The molecule has 0 amide bonds. The Hall–Kier alpha value is 0.890. The molecule has 0 atom stereocenters. The Bertz CT molecular complexity index is 261. The Morgan fingerprint density at radius 1 is 1.50 bits per heavy atom. The number of nitrogens with zero attached hydrogens (tertiary/aromatic N) is 1. The van der Waals surface area contributed by atoms with Crippen molar-refractivity contribution in [2.24, 2.45) is 10.7 Å². The van der Waals surface area contributed by atoms with Gasteiger partial charge in [0.2, 0.25) is 0 Å². The molecule has 0 fully saturated rings. The van der Waals surface area contributed by atoms with Gasteiger partial charge in [-0.1, -0.05) is 0 Å². The maximum Gasteiger partial charge on any atom is 1.00 e. The van der Waals surface area contributed by atoms with Crippen molar-refractivity contribution in [3.05, 3.63) is 0 Å². The van der Waals surface area contributed by atoms with Crippen molar-refractivity contribution >= 4 is 19.7 Å². The van der Waals surface area contributed by atoms with E-state index in [0.717, 1.165) is 0 Å². The molecule has 6 N–H and O–H groups in total. The minimum Gasteiger partial charge on any atom is -1.00 e. The first-order valence-electron chi connectivity index (χ1n) is 2.67. The summed E-state index contributed by atoms with van der Waals surface area (Å²) < 4.78 is 10.2. The summed E-state index contributed by atoms with van der Waals surface area (Å²) in [5, 5.41) is 9.58. The van der Waals surface area contributed by atoms with Crippen molar-refractivity contribution in [3.63, 3.8) is 0 Å². The molecular formula is C3H10N3Na2O5P. The van der Waals surface area contributed by atoms with Crippen molar-refractivity contribution in [2.75, 3.05) is 6.54 Å². The molecule has 0 aromatic heterocycles. The first kappa shape index (κ1) is 20.3. The zero-order chi connectivity index (χ0) is 9.78. The standard InChI is InChI=1S/C3H8N3O5P.2Na.2H/c4-3(5-1-2(7)8)6-12(9,10)11;;;;/h1H2,(H,7,8)(H5,4,5,6,9,10,11);;;;/q;2*+1;2*-1. The molecule has 0 spiro atoms. The van der Waals surface area contributed by atoms with Crippen molar-refractivity contribution in [3.8, 4) is 0 Å². The van der Waals surface area contributed by atoms with Gasteiger partial charge in [-0.3, -0.25) is 9.88 Å². The molecule has 0 heterocycles. The number of aliphatic imine (C=N–C) groups is 1. The van der Waals surface area contributed by atoms with E-state index in [0.29, 0.717) is 0 Å². The monoisotopic (exact) mass is 245 g/mol. The predicted molar refractivity (Wildman–Crippen MR) is 41.5 cm³/mol. The molecule has 0 unspecified atom stereocenters. The van der Waals surface area contributed by atoms with Crippen LogP contribution in [0.3, 0.4) is 0 Å². The van der Waals surface area contributed by atoms with Gasteiger partial charge in [-0.05, 0) is 0 Å². The number of carbonyl (C=O) groups is 1. The van der Waals surface area contributed by atoms with Crippen molar-refractivity contribution in [1.82, 2.24) is 5.09 Å². The number of carboxylic acid groups (broad SMARTS) is 1. The van der Waals surface area contributed by atoms with Gasteiger partial charge in [0.05, 0.1) is 0 Å². The summed E-state index contributed by atoms with van der Waals surface area (Å²) in [5.41, 5.74) is 4.89. The average molecular weight is 245 g/mol. The molecule has 8 nitrogen and oxygen atoms in total. The van der Waals surface area contributed by atoms with Crippen LogP contribution in [0.4, 0.5) is 0 Å². The Morgan fingerprint density at radius 3 is 2.21 bits per heavy atom. The van der Waals surface area contributed by atoms with Gasteiger partial charge in [-0.2, -0.15) is 0 Å². The van der Waals surface area contributed by atoms with Crippen molar-refractivity contribution in [1.29, 1.82) is 0 Å². The van der Waals surface area contributed by atoms with E-state index in [1.54, 1.807) is 0 Å². The van der Waals surface area contributed by atoms with Crippen LogP contribution in [0.1, 0.15) is 2.85 Å². The summed E-state index contributed by atoms with van der Waals surface area (Å²) in [7, 11) is -4.48. The summed E-state index contributed by atoms with van der Waals surface area (Å²) in [6.07, 6.45) is 0. The minimum absolute atomic E-state index is 0. The van der Waals surface area contributed by atoms with Crippen LogP contribution in [0.5, 0.6) is 0 Å². The molecule has 0 radical (unpaired) electrons. The zero-order valence-corrected chi connectivity index (χ0v) is 12.7. The van der Waals surface area contributed by atoms with Crippen molar-refractivity contribution < 1.29 is 86.2 Å². The first-order valence-corrected chi connectivity index (χ1v) is 4.28. The fraction of sp³-hybridized carbons (Fsp3) is 0.333. The zero-order valence-electron chi connectivity index (χ0n) is 9.84. The van der Waals surface area contributed by atoms with Crippen LogP contribution in [0.15, 0.2) is 4.99 Å². The van der Waals surface area contributed by atoms with Crippen LogP contribution in [0, 0.1) is 0 Å². The number of aliphatic carboxylic acids is 1. The Balaban J connectivity index is -0.000000101. The second-order valence-corrected chi connectivity index (χ2v) is 3.06. The van der Waals surface area contributed by atoms with Gasteiger partial charge < -0.3 is 23.5 Å². The summed E-state index contributed by atoms with van der Waals surface area (Å²) >= 11 is 0. The van der Waals surface area contributed by atoms with Crippen LogP contribution < -0.4 is 69.9 Å². The van der Waals surface area contributed by atoms with E-state index in [-0.39, 0.29) is 62.0 Å². The molecule has 0 aliphatic heterocycles. The number of rotatable bonds is 3. The second-order valence-electron chi connectivity index (χ2n) is 1.75. The number of carboxylic acids is 1. The number of nitrogens with one attached hydrogen (secondary N) is 1. The molecule has 0 rings (SSSR count). The van der Waals surface area contributed by atoms with E-state index in [4.69, 9.17) is 20.6 Å². The number of hydrogen-bond acceptors (Lipinski definition) is 3. The molecule has 0 aliphatic rings. The van der Waals surface area contributed by atoms with E-state index in [1.165, 1.54) is 5.09 Å². The minimum atomic E-state index is -4.48. The summed E-state index contributed by atoms with van der Waals surface area (Å²) in [6.45, 7) is -0.640. The summed E-state index contributed by atoms with van der Waals surface area (Å²) in [5.74, 6) is -1.85. The number of hydrogen-bond donors (Lipinski definition) is 5. The molecule has 0 saturated carbocycles. The number of guanidine groups is 1. The van der Waals surface area contributed by atoms with Crippen LogP contribution in [-0.2, 0) is 9.36 Å². The smallest absolute Gasteiger partial charge is 1.00 e. The van der Waals surface area contributed by atoms with E-state index >= 15 is 0 Å². The topological polar surface area (TPSA) is 145 Å². The van der Waals surface area contributed by atoms with Gasteiger partial charge in [-0.15, -0.1) is 0 Å². The van der Waals surface area contributed by atoms with Crippen LogP contribution in [-0.4, -0.2) is 33.4 Å². The normalized spacial score (nSPS) is 10.9. The third-order valence-electron chi connectivity index (χ3n) is 0.645. The fourth-order valence-electron chi connectivity index (χ4n) is 0.337. The van der Waals surface area contributed by atoms with Gasteiger partial charge in [0.15, 0.2) is 5.96 Å². The van der Waals surface area contributed by atoms with Gasteiger partial charge >= 0.3 is 72.8 Å². The fourth-order valence-corrected chi connectivity index (χ4v) is 0.707. The van der Waals surface area contributed by atoms with E-state index in [9.17, 15) is 9.36 Å². The van der Waals surface area contributed by atoms with E-state index in [1.807, 2.05) is 0 Å². The van der Waals surface area contributed by atoms with Crippen molar-refractivity contribution in [2.45, 2.75) is 0 Å². The van der Waals surface area contributed by atoms with Crippen LogP contribution in [0.2, 0.25) is 0 Å². The van der Waals surface area contributed by atoms with Gasteiger partial charge in [0.25, 0.3) is 0 Å². The van der Waals surface area contributed by atoms with Crippen LogP contribution in [0.25, 0.3) is 0 Å². The second kappa shape index (κ2) is 9.14. The quantitative estimate of drug-likeness (QED) is 0.144. The maximum atomic E-state index is 10.2. The molecule has 74 valence electrons. The SMILES string of the molecule is NC(=NCC(=O)O)NP(=O)(O)O.[H-].[H-].[Na+].[Na+]. The van der Waals surface area contributed by atoms with E-state index in [2.05, 4.69) is 4.99 Å². The van der Waals surface area contributed by atoms with Gasteiger partial charge in [-0.25, -0.2) is 9.56 Å². The molecular weight excluding hydrogens is 235 g/mol. The maximum absolute atomic E-state index is 10.2. The third-order valence-corrected chi connectivity index (χ3v) is 1.17. The molecule has 0 aromatic rings. The van der Waals surface area contributed by atoms with Gasteiger partial charge in [0, 0.05) is 0 Å². The van der Waals surface area contributed by atoms with E-state index < -0.39 is 26.2 Å². The molecule has 0 aromatic carbocycles. The molecule has 0 bridgehead atoms. The summed E-state index contributed by atoms with van der Waals surface area (Å²) in [4.78, 5) is 29.5. The Labute approximate surface area is 127 Å².